The molecule has 1 aromatic carbocycles. The minimum absolute atomic E-state index is 0. The summed E-state index contributed by atoms with van der Waals surface area (Å²) in [5, 5.41) is 0.559. The topological polar surface area (TPSA) is 55.6 Å². The molecular formula is C14H20Cl2N2O2. The monoisotopic (exact) mass is 318 g/mol. The van der Waals surface area contributed by atoms with Gasteiger partial charge in [-0.3, -0.25) is 4.79 Å². The Morgan fingerprint density at radius 1 is 1.55 bits per heavy atom. The molecule has 0 aromatic heterocycles. The Morgan fingerprint density at radius 3 is 2.80 bits per heavy atom. The minimum atomic E-state index is -0.0170. The van der Waals surface area contributed by atoms with Gasteiger partial charge in [-0.05, 0) is 37.5 Å². The zero-order valence-electron chi connectivity index (χ0n) is 11.6. The van der Waals surface area contributed by atoms with Crippen molar-refractivity contribution in [1.29, 1.82) is 0 Å². The van der Waals surface area contributed by atoms with Crippen molar-refractivity contribution in [1.82, 2.24) is 4.90 Å². The number of halogens is 2. The number of benzene rings is 1. The summed E-state index contributed by atoms with van der Waals surface area (Å²) in [7, 11) is 1.54. The van der Waals surface area contributed by atoms with E-state index in [0.717, 1.165) is 13.0 Å². The van der Waals surface area contributed by atoms with E-state index in [1.807, 2.05) is 11.8 Å². The highest BCUT2D eigenvalue weighted by Crippen LogP contribution is 2.27. The summed E-state index contributed by atoms with van der Waals surface area (Å²) in [5.74, 6) is 0.876. The van der Waals surface area contributed by atoms with E-state index in [2.05, 4.69) is 0 Å². The number of rotatable bonds is 3. The molecule has 1 fully saturated rings. The first-order valence-corrected chi connectivity index (χ1v) is 6.79. The lowest BCUT2D eigenvalue weighted by molar-refractivity contribution is 0.0782. The lowest BCUT2D eigenvalue weighted by Gasteiger charge is -2.19. The molecule has 1 aliphatic rings. The van der Waals surface area contributed by atoms with Gasteiger partial charge in [-0.25, -0.2) is 0 Å². The number of likely N-dealkylation sites (tertiary alicyclic amines) is 1. The first-order valence-electron chi connectivity index (χ1n) is 6.41. The van der Waals surface area contributed by atoms with Crippen LogP contribution in [0.5, 0.6) is 5.75 Å². The van der Waals surface area contributed by atoms with E-state index < -0.39 is 0 Å². The summed E-state index contributed by atoms with van der Waals surface area (Å²) in [4.78, 5) is 14.3. The SMILES string of the molecule is COc1cc(Cl)ccc1C(=O)N1CCC(C(C)N)C1.Cl. The third-order valence-corrected chi connectivity index (χ3v) is 3.88. The van der Waals surface area contributed by atoms with Crippen LogP contribution in [0.25, 0.3) is 0 Å². The van der Waals surface area contributed by atoms with E-state index in [9.17, 15) is 4.79 Å². The largest absolute Gasteiger partial charge is 0.496 e. The van der Waals surface area contributed by atoms with Crippen LogP contribution in [0, 0.1) is 5.92 Å². The van der Waals surface area contributed by atoms with Gasteiger partial charge in [0.2, 0.25) is 0 Å². The van der Waals surface area contributed by atoms with Crippen molar-refractivity contribution in [2.24, 2.45) is 11.7 Å². The Labute approximate surface area is 130 Å². The molecule has 4 nitrogen and oxygen atoms in total. The molecule has 1 aromatic rings. The molecule has 6 heteroatoms. The summed E-state index contributed by atoms with van der Waals surface area (Å²) in [5.41, 5.74) is 6.45. The fraction of sp³-hybridized carbons (Fsp3) is 0.500. The fourth-order valence-electron chi connectivity index (χ4n) is 2.41. The lowest BCUT2D eigenvalue weighted by Crippen LogP contribution is -2.33. The zero-order chi connectivity index (χ0) is 14.0. The summed E-state index contributed by atoms with van der Waals surface area (Å²) in [6, 6.07) is 5.19. The average Bonchev–Trinajstić information content (AvgIpc) is 2.87. The van der Waals surface area contributed by atoms with Crippen molar-refractivity contribution in [2.45, 2.75) is 19.4 Å². The summed E-state index contributed by atoms with van der Waals surface area (Å²) in [6.45, 7) is 3.45. The molecular weight excluding hydrogens is 299 g/mol. The maximum atomic E-state index is 12.5. The van der Waals surface area contributed by atoms with E-state index in [4.69, 9.17) is 22.1 Å². The van der Waals surface area contributed by atoms with Gasteiger partial charge in [-0.15, -0.1) is 12.4 Å². The Morgan fingerprint density at radius 2 is 2.25 bits per heavy atom. The van der Waals surface area contributed by atoms with Gasteiger partial charge in [-0.2, -0.15) is 0 Å². The summed E-state index contributed by atoms with van der Waals surface area (Å²) < 4.78 is 5.22. The predicted octanol–water partition coefficient (Wildman–Crippen LogP) is 2.58. The molecule has 1 heterocycles. The van der Waals surface area contributed by atoms with Gasteiger partial charge in [0.15, 0.2) is 0 Å². The van der Waals surface area contributed by atoms with Crippen LogP contribution in [-0.4, -0.2) is 37.0 Å². The molecule has 1 amide bonds. The summed E-state index contributed by atoms with van der Waals surface area (Å²) in [6.07, 6.45) is 0.958. The molecule has 112 valence electrons. The quantitative estimate of drug-likeness (QED) is 0.932. The Kier molecular flexibility index (Phi) is 6.11. The third kappa shape index (κ3) is 3.57. The molecule has 1 aliphatic heterocycles. The minimum Gasteiger partial charge on any atom is -0.496 e. The van der Waals surface area contributed by atoms with Crippen LogP contribution in [0.15, 0.2) is 18.2 Å². The predicted molar refractivity (Wildman–Crippen MR) is 82.9 cm³/mol. The highest BCUT2D eigenvalue weighted by molar-refractivity contribution is 6.30. The van der Waals surface area contributed by atoms with Crippen molar-refractivity contribution in [3.8, 4) is 5.75 Å². The third-order valence-electron chi connectivity index (χ3n) is 3.65. The number of amides is 1. The van der Waals surface area contributed by atoms with Gasteiger partial charge in [0.25, 0.3) is 5.91 Å². The second-order valence-corrected chi connectivity index (χ2v) is 5.44. The van der Waals surface area contributed by atoms with Crippen LogP contribution in [0.4, 0.5) is 0 Å². The van der Waals surface area contributed by atoms with Crippen molar-refractivity contribution in [3.63, 3.8) is 0 Å². The van der Waals surface area contributed by atoms with E-state index in [0.29, 0.717) is 28.8 Å². The Hall–Kier alpha value is -0.970. The number of nitrogens with two attached hydrogens (primary N) is 1. The molecule has 1 saturated heterocycles. The van der Waals surface area contributed by atoms with Crippen LogP contribution >= 0.6 is 24.0 Å². The van der Waals surface area contributed by atoms with E-state index in [1.54, 1.807) is 18.2 Å². The number of carbonyl (C=O) groups excluding carboxylic acids is 1. The number of hydrogen-bond donors (Lipinski definition) is 1. The van der Waals surface area contributed by atoms with Crippen molar-refractivity contribution in [2.75, 3.05) is 20.2 Å². The van der Waals surface area contributed by atoms with Crippen molar-refractivity contribution < 1.29 is 9.53 Å². The van der Waals surface area contributed by atoms with Gasteiger partial charge in [0.1, 0.15) is 5.75 Å². The normalized spacial score (nSPS) is 19.4. The van der Waals surface area contributed by atoms with Gasteiger partial charge >= 0.3 is 0 Å². The maximum absolute atomic E-state index is 12.5. The number of nitrogens with zero attached hydrogens (tertiary/aromatic N) is 1. The maximum Gasteiger partial charge on any atom is 0.257 e. The molecule has 0 bridgehead atoms. The number of methoxy groups -OCH3 is 1. The second kappa shape index (κ2) is 7.16. The Balaban J connectivity index is 0.00000200. The number of ether oxygens (including phenoxy) is 1. The average molecular weight is 319 g/mol. The molecule has 2 atom stereocenters. The second-order valence-electron chi connectivity index (χ2n) is 5.00. The van der Waals surface area contributed by atoms with Crippen LogP contribution in [0.1, 0.15) is 23.7 Å². The van der Waals surface area contributed by atoms with Crippen LogP contribution in [0.2, 0.25) is 5.02 Å². The first kappa shape index (κ1) is 17.1. The first-order chi connectivity index (χ1) is 9.02. The van der Waals surface area contributed by atoms with E-state index in [1.165, 1.54) is 7.11 Å². The molecule has 2 rings (SSSR count). The molecule has 20 heavy (non-hydrogen) atoms. The molecule has 2 N–H and O–H groups in total. The highest BCUT2D eigenvalue weighted by Gasteiger charge is 2.30. The standard InChI is InChI=1S/C14H19ClN2O2.ClH/c1-9(16)10-5-6-17(8-10)14(18)12-4-3-11(15)7-13(12)19-2;/h3-4,7,9-10H,5-6,8,16H2,1-2H3;1H. The smallest absolute Gasteiger partial charge is 0.257 e. The van der Waals surface area contributed by atoms with Gasteiger partial charge < -0.3 is 15.4 Å². The van der Waals surface area contributed by atoms with Crippen LogP contribution in [-0.2, 0) is 0 Å². The van der Waals surface area contributed by atoms with Crippen LogP contribution in [0.3, 0.4) is 0 Å². The van der Waals surface area contributed by atoms with Gasteiger partial charge in [-0.1, -0.05) is 11.6 Å². The number of carbonyl (C=O) groups is 1. The van der Waals surface area contributed by atoms with E-state index in [-0.39, 0.29) is 24.4 Å². The fourth-order valence-corrected chi connectivity index (χ4v) is 2.58. The van der Waals surface area contributed by atoms with Crippen LogP contribution < -0.4 is 10.5 Å². The summed E-state index contributed by atoms with van der Waals surface area (Å²) >= 11 is 5.90. The van der Waals surface area contributed by atoms with Crippen molar-refractivity contribution in [3.05, 3.63) is 28.8 Å². The zero-order valence-corrected chi connectivity index (χ0v) is 13.2. The number of hydrogen-bond acceptors (Lipinski definition) is 3. The molecule has 0 radical (unpaired) electrons. The Bertz CT molecular complexity index is 480. The molecule has 0 spiro atoms. The van der Waals surface area contributed by atoms with Crippen molar-refractivity contribution >= 4 is 29.9 Å². The molecule has 0 saturated carbocycles. The lowest BCUT2D eigenvalue weighted by atomic mass is 10.0. The van der Waals surface area contributed by atoms with Gasteiger partial charge in [0, 0.05) is 24.2 Å². The molecule has 2 unspecified atom stereocenters. The highest BCUT2D eigenvalue weighted by atomic mass is 35.5. The van der Waals surface area contributed by atoms with E-state index >= 15 is 0 Å². The van der Waals surface area contributed by atoms with Gasteiger partial charge in [0.05, 0.1) is 12.7 Å². The molecule has 0 aliphatic carbocycles.